The molecule has 0 aliphatic carbocycles. The van der Waals surface area contributed by atoms with Gasteiger partial charge < -0.3 is 11.1 Å². The molecule has 0 spiro atoms. The van der Waals surface area contributed by atoms with Gasteiger partial charge in [-0.1, -0.05) is 18.2 Å². The summed E-state index contributed by atoms with van der Waals surface area (Å²) in [5.74, 6) is -0.501. The van der Waals surface area contributed by atoms with Crippen LogP contribution in [0.15, 0.2) is 24.3 Å². The Morgan fingerprint density at radius 3 is 2.60 bits per heavy atom. The Balaban J connectivity index is 2.18. The van der Waals surface area contributed by atoms with Crippen LogP contribution in [-0.4, -0.2) is 44.8 Å². The second-order valence-corrected chi connectivity index (χ2v) is 6.23. The van der Waals surface area contributed by atoms with Gasteiger partial charge >= 0.3 is 10.2 Å². The normalized spacial score (nSPS) is 16.8. The lowest BCUT2D eigenvalue weighted by atomic mass is 10.1. The lowest BCUT2D eigenvalue weighted by molar-refractivity contribution is -0.117. The molecule has 1 aliphatic rings. The predicted octanol–water partition coefficient (Wildman–Crippen LogP) is -0.724. The number of carbonyl (C=O) groups excluding carboxylic acids is 1. The summed E-state index contributed by atoms with van der Waals surface area (Å²) in [5.41, 5.74) is 6.13. The van der Waals surface area contributed by atoms with Crippen LogP contribution in [0.5, 0.6) is 0 Å². The molecule has 20 heavy (non-hydrogen) atoms. The third-order valence-corrected chi connectivity index (χ3v) is 4.56. The molecule has 2 rings (SSSR count). The summed E-state index contributed by atoms with van der Waals surface area (Å²) in [6, 6.07) is 6.75. The molecule has 0 unspecified atom stereocenters. The largest absolute Gasteiger partial charge is 0.369 e. The van der Waals surface area contributed by atoms with Crippen LogP contribution in [0.4, 0.5) is 5.69 Å². The van der Waals surface area contributed by atoms with Crippen LogP contribution >= 0.6 is 0 Å². The molecule has 1 fully saturated rings. The summed E-state index contributed by atoms with van der Waals surface area (Å²) in [6.45, 7) is 2.11. The number of rotatable bonds is 5. The van der Waals surface area contributed by atoms with Gasteiger partial charge in [-0.3, -0.25) is 9.52 Å². The molecule has 1 saturated heterocycles. The van der Waals surface area contributed by atoms with Gasteiger partial charge in [0.05, 0.1) is 12.1 Å². The van der Waals surface area contributed by atoms with Crippen molar-refractivity contribution in [2.75, 3.05) is 30.9 Å². The van der Waals surface area contributed by atoms with Crippen LogP contribution in [0.3, 0.4) is 0 Å². The Kier molecular flexibility index (Phi) is 4.58. The zero-order chi connectivity index (χ0) is 14.6. The van der Waals surface area contributed by atoms with E-state index in [1.807, 2.05) is 0 Å². The minimum absolute atomic E-state index is 0.000247. The fourth-order valence-electron chi connectivity index (χ4n) is 2.05. The molecule has 1 heterocycles. The molecular weight excluding hydrogens is 280 g/mol. The average molecular weight is 298 g/mol. The number of para-hydroxylation sites is 1. The number of carbonyl (C=O) groups is 1. The van der Waals surface area contributed by atoms with Crippen molar-refractivity contribution in [2.45, 2.75) is 6.42 Å². The summed E-state index contributed by atoms with van der Waals surface area (Å²) in [6.07, 6.45) is 0.000247. The van der Waals surface area contributed by atoms with Gasteiger partial charge in [0, 0.05) is 26.2 Å². The molecule has 1 aromatic rings. The zero-order valence-electron chi connectivity index (χ0n) is 11.0. The molecule has 1 aromatic carbocycles. The molecule has 1 amide bonds. The summed E-state index contributed by atoms with van der Waals surface area (Å²) in [5, 5.41) is 3.09. The number of nitrogens with zero attached hydrogens (tertiary/aromatic N) is 1. The van der Waals surface area contributed by atoms with Crippen LogP contribution in [0.2, 0.25) is 0 Å². The minimum Gasteiger partial charge on any atom is -0.369 e. The van der Waals surface area contributed by atoms with Crippen molar-refractivity contribution in [2.24, 2.45) is 5.73 Å². The van der Waals surface area contributed by atoms with E-state index in [-0.39, 0.29) is 6.42 Å². The maximum absolute atomic E-state index is 12.3. The van der Waals surface area contributed by atoms with Gasteiger partial charge in [-0.2, -0.15) is 12.7 Å². The fourth-order valence-corrected chi connectivity index (χ4v) is 3.32. The van der Waals surface area contributed by atoms with Crippen LogP contribution < -0.4 is 15.8 Å². The van der Waals surface area contributed by atoms with Gasteiger partial charge in [-0.15, -0.1) is 0 Å². The van der Waals surface area contributed by atoms with E-state index < -0.39 is 16.1 Å². The smallest absolute Gasteiger partial charge is 0.301 e. The van der Waals surface area contributed by atoms with Crippen molar-refractivity contribution in [1.29, 1.82) is 0 Å². The van der Waals surface area contributed by atoms with Crippen LogP contribution in [-0.2, 0) is 21.4 Å². The van der Waals surface area contributed by atoms with Gasteiger partial charge in [-0.05, 0) is 11.6 Å². The summed E-state index contributed by atoms with van der Waals surface area (Å²) >= 11 is 0. The highest BCUT2D eigenvalue weighted by molar-refractivity contribution is 7.90. The zero-order valence-corrected chi connectivity index (χ0v) is 11.8. The van der Waals surface area contributed by atoms with Gasteiger partial charge in [0.2, 0.25) is 5.91 Å². The second kappa shape index (κ2) is 6.21. The standard InChI is InChI=1S/C12H18N4O3S/c13-12(17)9-10-3-1-2-4-11(10)15-20(18,19)16-7-5-14-6-8-16/h1-4,14-15H,5-9H2,(H2,13,17). The number of hydrogen-bond acceptors (Lipinski definition) is 4. The van der Waals surface area contributed by atoms with Crippen molar-refractivity contribution in [3.63, 3.8) is 0 Å². The fraction of sp³-hybridized carbons (Fsp3) is 0.417. The minimum atomic E-state index is -3.60. The van der Waals surface area contributed by atoms with Crippen molar-refractivity contribution < 1.29 is 13.2 Å². The number of piperazine rings is 1. The van der Waals surface area contributed by atoms with E-state index >= 15 is 0 Å². The highest BCUT2D eigenvalue weighted by atomic mass is 32.2. The van der Waals surface area contributed by atoms with Crippen molar-refractivity contribution >= 4 is 21.8 Å². The van der Waals surface area contributed by atoms with Gasteiger partial charge in [0.15, 0.2) is 0 Å². The number of anilines is 1. The van der Waals surface area contributed by atoms with Crippen LogP contribution in [0.25, 0.3) is 0 Å². The lowest BCUT2D eigenvalue weighted by Gasteiger charge is -2.27. The van der Waals surface area contributed by atoms with Gasteiger partial charge in [-0.25, -0.2) is 0 Å². The first kappa shape index (κ1) is 14.8. The molecule has 0 bridgehead atoms. The molecule has 0 atom stereocenters. The highest BCUT2D eigenvalue weighted by Gasteiger charge is 2.24. The maximum atomic E-state index is 12.3. The topological polar surface area (TPSA) is 105 Å². The molecule has 110 valence electrons. The summed E-state index contributed by atoms with van der Waals surface area (Å²) in [7, 11) is -3.60. The molecule has 1 aliphatic heterocycles. The van der Waals surface area contributed by atoms with E-state index in [1.165, 1.54) is 4.31 Å². The average Bonchev–Trinajstić information content (AvgIpc) is 2.41. The molecule has 4 N–H and O–H groups in total. The van der Waals surface area contributed by atoms with E-state index in [0.29, 0.717) is 37.4 Å². The third-order valence-electron chi connectivity index (χ3n) is 3.04. The van der Waals surface area contributed by atoms with E-state index in [0.717, 1.165) is 0 Å². The Labute approximate surface area is 118 Å². The van der Waals surface area contributed by atoms with E-state index in [4.69, 9.17) is 5.73 Å². The monoisotopic (exact) mass is 298 g/mol. The molecular formula is C12H18N4O3S. The number of benzene rings is 1. The van der Waals surface area contributed by atoms with Crippen molar-refractivity contribution in [1.82, 2.24) is 9.62 Å². The number of nitrogens with one attached hydrogen (secondary N) is 2. The Bertz CT molecular complexity index is 582. The number of nitrogens with two attached hydrogens (primary N) is 1. The first-order valence-corrected chi connectivity index (χ1v) is 7.78. The van der Waals surface area contributed by atoms with Crippen LogP contribution in [0, 0.1) is 0 Å². The SMILES string of the molecule is NC(=O)Cc1ccccc1NS(=O)(=O)N1CCNCC1. The molecule has 0 saturated carbocycles. The Morgan fingerprint density at radius 1 is 1.30 bits per heavy atom. The highest BCUT2D eigenvalue weighted by Crippen LogP contribution is 2.18. The quantitative estimate of drug-likeness (QED) is 0.667. The van der Waals surface area contributed by atoms with Crippen LogP contribution in [0.1, 0.15) is 5.56 Å². The molecule has 0 radical (unpaired) electrons. The predicted molar refractivity (Wildman–Crippen MR) is 76.3 cm³/mol. The number of amides is 1. The molecule has 8 heteroatoms. The molecule has 0 aromatic heterocycles. The number of primary amides is 1. The van der Waals surface area contributed by atoms with E-state index in [9.17, 15) is 13.2 Å². The first-order chi connectivity index (χ1) is 9.49. The van der Waals surface area contributed by atoms with Crippen molar-refractivity contribution in [3.8, 4) is 0 Å². The Hall–Kier alpha value is -1.64. The van der Waals surface area contributed by atoms with Crippen molar-refractivity contribution in [3.05, 3.63) is 29.8 Å². The molecule has 7 nitrogen and oxygen atoms in total. The first-order valence-electron chi connectivity index (χ1n) is 6.34. The van der Waals surface area contributed by atoms with Gasteiger partial charge in [0.25, 0.3) is 0 Å². The van der Waals surface area contributed by atoms with E-state index in [2.05, 4.69) is 10.0 Å². The second-order valence-electron chi connectivity index (χ2n) is 4.56. The van der Waals surface area contributed by atoms with E-state index in [1.54, 1.807) is 24.3 Å². The summed E-state index contributed by atoms with van der Waals surface area (Å²) < 4.78 is 28.4. The Morgan fingerprint density at radius 2 is 1.95 bits per heavy atom. The summed E-state index contributed by atoms with van der Waals surface area (Å²) in [4.78, 5) is 11.0. The lowest BCUT2D eigenvalue weighted by Crippen LogP contribution is -2.48. The van der Waals surface area contributed by atoms with Gasteiger partial charge in [0.1, 0.15) is 0 Å². The number of hydrogen-bond donors (Lipinski definition) is 3. The third kappa shape index (κ3) is 3.69. The maximum Gasteiger partial charge on any atom is 0.301 e.